The van der Waals surface area contributed by atoms with Gasteiger partial charge in [-0.3, -0.25) is 4.79 Å². The fourth-order valence-corrected chi connectivity index (χ4v) is 3.53. The number of nitrogens with zero attached hydrogens (tertiary/aromatic N) is 2. The van der Waals surface area contributed by atoms with Gasteiger partial charge in [0, 0.05) is 10.3 Å². The minimum atomic E-state index is -0.686. The lowest BCUT2D eigenvalue weighted by molar-refractivity contribution is -0.142. The molecule has 0 saturated carbocycles. The SMILES string of the molecule is Cc1cc2c3c(sc2nn1)CCC(C(=O)O)C3. The molecule has 0 saturated heterocycles. The average molecular weight is 248 g/mol. The third-order valence-electron chi connectivity index (χ3n) is 3.28. The summed E-state index contributed by atoms with van der Waals surface area (Å²) in [7, 11) is 0. The van der Waals surface area contributed by atoms with Crippen molar-refractivity contribution in [2.45, 2.75) is 26.2 Å². The van der Waals surface area contributed by atoms with Crippen LogP contribution < -0.4 is 0 Å². The summed E-state index contributed by atoms with van der Waals surface area (Å²) < 4.78 is 0. The van der Waals surface area contributed by atoms with Gasteiger partial charge in [0.15, 0.2) is 0 Å². The van der Waals surface area contributed by atoms with Gasteiger partial charge in [0.05, 0.1) is 11.6 Å². The molecule has 0 radical (unpaired) electrons. The topological polar surface area (TPSA) is 63.1 Å². The lowest BCUT2D eigenvalue weighted by Gasteiger charge is -2.18. The van der Waals surface area contributed by atoms with Gasteiger partial charge >= 0.3 is 5.97 Å². The number of thiophene rings is 1. The highest BCUT2D eigenvalue weighted by Crippen LogP contribution is 2.37. The van der Waals surface area contributed by atoms with Gasteiger partial charge in [-0.1, -0.05) is 0 Å². The van der Waals surface area contributed by atoms with Crippen LogP contribution >= 0.6 is 11.3 Å². The quantitative estimate of drug-likeness (QED) is 0.840. The van der Waals surface area contributed by atoms with Crippen molar-refractivity contribution in [2.24, 2.45) is 5.92 Å². The number of aliphatic carboxylic acids is 1. The van der Waals surface area contributed by atoms with Crippen LogP contribution in [-0.4, -0.2) is 21.3 Å². The van der Waals surface area contributed by atoms with E-state index in [-0.39, 0.29) is 5.92 Å². The Morgan fingerprint density at radius 3 is 3.12 bits per heavy atom. The molecule has 2 aromatic heterocycles. The molecule has 4 nitrogen and oxygen atoms in total. The van der Waals surface area contributed by atoms with E-state index in [0.717, 1.165) is 28.8 Å². The standard InChI is InChI=1S/C12H12N2O2S/c1-6-4-9-8-5-7(12(15)16)2-3-10(8)17-11(9)14-13-6/h4,7H,2-3,5H2,1H3,(H,15,16). The second kappa shape index (κ2) is 3.77. The largest absolute Gasteiger partial charge is 0.481 e. The van der Waals surface area contributed by atoms with Gasteiger partial charge in [-0.05, 0) is 37.8 Å². The maximum absolute atomic E-state index is 11.1. The van der Waals surface area contributed by atoms with Gasteiger partial charge in [-0.15, -0.1) is 16.4 Å². The summed E-state index contributed by atoms with van der Waals surface area (Å²) in [4.78, 5) is 13.3. The predicted octanol–water partition coefficient (Wildman–Crippen LogP) is 2.19. The Morgan fingerprint density at radius 2 is 2.35 bits per heavy atom. The van der Waals surface area contributed by atoms with Crippen molar-refractivity contribution in [3.05, 3.63) is 22.2 Å². The smallest absolute Gasteiger partial charge is 0.306 e. The minimum absolute atomic E-state index is 0.242. The van der Waals surface area contributed by atoms with Gasteiger partial charge < -0.3 is 5.11 Å². The summed E-state index contributed by atoms with van der Waals surface area (Å²) in [6, 6.07) is 2.02. The van der Waals surface area contributed by atoms with E-state index in [1.54, 1.807) is 11.3 Å². The summed E-state index contributed by atoms with van der Waals surface area (Å²) in [5, 5.41) is 18.4. The van der Waals surface area contributed by atoms with Crippen LogP contribution in [0.5, 0.6) is 0 Å². The van der Waals surface area contributed by atoms with Crippen LogP contribution in [0.25, 0.3) is 10.2 Å². The molecule has 5 heteroatoms. The summed E-state index contributed by atoms with van der Waals surface area (Å²) in [6.07, 6.45) is 2.23. The molecule has 0 spiro atoms. The summed E-state index contributed by atoms with van der Waals surface area (Å²) in [6.45, 7) is 1.91. The van der Waals surface area contributed by atoms with Crippen LogP contribution in [0.3, 0.4) is 0 Å². The molecular weight excluding hydrogens is 236 g/mol. The first-order chi connectivity index (χ1) is 8.15. The molecular formula is C12H12N2O2S. The lowest BCUT2D eigenvalue weighted by Crippen LogP contribution is -2.21. The number of carboxylic acids is 1. The van der Waals surface area contributed by atoms with E-state index in [1.165, 1.54) is 10.4 Å². The van der Waals surface area contributed by atoms with E-state index in [1.807, 2.05) is 13.0 Å². The molecule has 2 heterocycles. The number of hydrogen-bond acceptors (Lipinski definition) is 4. The second-order valence-electron chi connectivity index (χ2n) is 4.49. The Balaban J connectivity index is 2.13. The zero-order valence-electron chi connectivity index (χ0n) is 9.43. The van der Waals surface area contributed by atoms with Crippen LogP contribution in [0.4, 0.5) is 0 Å². The number of carbonyl (C=O) groups is 1. The molecule has 88 valence electrons. The molecule has 1 atom stereocenters. The van der Waals surface area contributed by atoms with E-state index in [9.17, 15) is 4.79 Å². The third-order valence-corrected chi connectivity index (χ3v) is 4.48. The first-order valence-corrected chi connectivity index (χ1v) is 6.44. The molecule has 1 N–H and O–H groups in total. The Bertz CT molecular complexity index is 606. The van der Waals surface area contributed by atoms with Gasteiger partial charge in [-0.25, -0.2) is 0 Å². The first-order valence-electron chi connectivity index (χ1n) is 5.62. The molecule has 0 bridgehead atoms. The van der Waals surface area contributed by atoms with E-state index in [2.05, 4.69) is 10.2 Å². The van der Waals surface area contributed by atoms with E-state index >= 15 is 0 Å². The maximum Gasteiger partial charge on any atom is 0.306 e. The van der Waals surface area contributed by atoms with Crippen molar-refractivity contribution >= 4 is 27.5 Å². The minimum Gasteiger partial charge on any atom is -0.481 e. The maximum atomic E-state index is 11.1. The van der Waals surface area contributed by atoms with Crippen molar-refractivity contribution in [3.8, 4) is 0 Å². The number of aromatic nitrogens is 2. The second-order valence-corrected chi connectivity index (χ2v) is 5.57. The zero-order chi connectivity index (χ0) is 12.0. The molecule has 0 aromatic carbocycles. The Kier molecular flexibility index (Phi) is 2.36. The Hall–Kier alpha value is -1.49. The van der Waals surface area contributed by atoms with E-state index < -0.39 is 5.97 Å². The van der Waals surface area contributed by atoms with Gasteiger partial charge in [0.25, 0.3) is 0 Å². The van der Waals surface area contributed by atoms with Gasteiger partial charge in [-0.2, -0.15) is 5.10 Å². The predicted molar refractivity (Wildman–Crippen MR) is 65.3 cm³/mol. The van der Waals surface area contributed by atoms with E-state index in [4.69, 9.17) is 5.11 Å². The van der Waals surface area contributed by atoms with Crippen molar-refractivity contribution in [1.29, 1.82) is 0 Å². The van der Waals surface area contributed by atoms with Gasteiger partial charge in [0.2, 0.25) is 0 Å². The first kappa shape index (κ1) is 10.7. The zero-order valence-corrected chi connectivity index (χ0v) is 10.3. The molecule has 0 aliphatic heterocycles. The number of aryl methyl sites for hydroxylation is 2. The highest BCUT2D eigenvalue weighted by Gasteiger charge is 2.27. The molecule has 1 aliphatic carbocycles. The van der Waals surface area contributed by atoms with Crippen LogP contribution in [0.2, 0.25) is 0 Å². The lowest BCUT2D eigenvalue weighted by atomic mass is 9.87. The van der Waals surface area contributed by atoms with Crippen molar-refractivity contribution in [2.75, 3.05) is 0 Å². The summed E-state index contributed by atoms with van der Waals surface area (Å²) >= 11 is 1.66. The Morgan fingerprint density at radius 1 is 1.53 bits per heavy atom. The normalized spacial score (nSPS) is 19.2. The van der Waals surface area contributed by atoms with Crippen molar-refractivity contribution in [1.82, 2.24) is 10.2 Å². The highest BCUT2D eigenvalue weighted by molar-refractivity contribution is 7.18. The highest BCUT2D eigenvalue weighted by atomic mass is 32.1. The fourth-order valence-electron chi connectivity index (χ4n) is 2.39. The molecule has 3 rings (SSSR count). The van der Waals surface area contributed by atoms with E-state index in [0.29, 0.717) is 6.42 Å². The summed E-state index contributed by atoms with van der Waals surface area (Å²) in [5.74, 6) is -0.928. The number of carboxylic acid groups (broad SMARTS) is 1. The van der Waals surface area contributed by atoms with Crippen LogP contribution in [0.15, 0.2) is 6.07 Å². The van der Waals surface area contributed by atoms with Gasteiger partial charge in [0.1, 0.15) is 4.83 Å². The Labute approximate surface area is 102 Å². The molecule has 17 heavy (non-hydrogen) atoms. The molecule has 2 aromatic rings. The van der Waals surface area contributed by atoms with Crippen molar-refractivity contribution < 1.29 is 9.90 Å². The van der Waals surface area contributed by atoms with Crippen LogP contribution in [-0.2, 0) is 17.6 Å². The monoisotopic (exact) mass is 248 g/mol. The molecule has 1 unspecified atom stereocenters. The van der Waals surface area contributed by atoms with Crippen LogP contribution in [0.1, 0.15) is 22.6 Å². The molecule has 1 aliphatic rings. The van der Waals surface area contributed by atoms with Crippen LogP contribution in [0, 0.1) is 12.8 Å². The third kappa shape index (κ3) is 1.70. The van der Waals surface area contributed by atoms with Crippen molar-refractivity contribution in [3.63, 3.8) is 0 Å². The number of rotatable bonds is 1. The molecule has 0 amide bonds. The molecule has 0 fully saturated rings. The fraction of sp³-hybridized carbons (Fsp3) is 0.417. The average Bonchev–Trinajstić information content (AvgIpc) is 2.66. The summed E-state index contributed by atoms with van der Waals surface area (Å²) in [5.41, 5.74) is 2.07. The number of fused-ring (bicyclic) bond motifs is 3. The number of hydrogen-bond donors (Lipinski definition) is 1.